The Morgan fingerprint density at radius 1 is 1.24 bits per heavy atom. The molecule has 6 heteroatoms. The smallest absolute Gasteiger partial charge is 0.338 e. The molecule has 4 rings (SSSR count). The van der Waals surface area contributed by atoms with Crippen LogP contribution in [0.2, 0.25) is 0 Å². The highest BCUT2D eigenvalue weighted by Crippen LogP contribution is 2.30. The molecule has 3 aromatic rings. The molecule has 0 bridgehead atoms. The highest BCUT2D eigenvalue weighted by atomic mass is 16.4. The molecule has 1 fully saturated rings. The van der Waals surface area contributed by atoms with Gasteiger partial charge in [-0.25, -0.2) is 9.78 Å². The zero-order valence-electron chi connectivity index (χ0n) is 16.8. The Hall–Kier alpha value is -2.70. The first-order valence-electron chi connectivity index (χ1n) is 10.2. The second kappa shape index (κ2) is 8.35. The van der Waals surface area contributed by atoms with Gasteiger partial charge in [-0.15, -0.1) is 0 Å². The largest absolute Gasteiger partial charge is 0.478 e. The average molecular weight is 393 g/mol. The van der Waals surface area contributed by atoms with Crippen LogP contribution in [0.3, 0.4) is 0 Å². The van der Waals surface area contributed by atoms with Gasteiger partial charge < -0.3 is 14.8 Å². The number of carboxylic acid groups (broad SMARTS) is 1. The summed E-state index contributed by atoms with van der Waals surface area (Å²) in [6.07, 6.45) is 1.11. The summed E-state index contributed by atoms with van der Waals surface area (Å²) in [7, 11) is 0. The van der Waals surface area contributed by atoms with E-state index in [1.54, 1.807) is 18.2 Å². The summed E-state index contributed by atoms with van der Waals surface area (Å²) in [5.74, 6) is 0.195. The first-order valence-corrected chi connectivity index (χ1v) is 10.2. The van der Waals surface area contributed by atoms with Crippen LogP contribution in [0.25, 0.3) is 11.1 Å². The maximum Gasteiger partial charge on any atom is 0.338 e. The molecule has 1 aromatic heterocycles. The van der Waals surface area contributed by atoms with E-state index in [4.69, 9.17) is 4.42 Å². The monoisotopic (exact) mass is 393 g/mol. The molecule has 2 unspecified atom stereocenters. The van der Waals surface area contributed by atoms with Gasteiger partial charge in [0.2, 0.25) is 5.89 Å². The van der Waals surface area contributed by atoms with Crippen LogP contribution < -0.4 is 5.32 Å². The molecule has 1 aliphatic heterocycles. The highest BCUT2D eigenvalue weighted by molar-refractivity contribution is 6.00. The summed E-state index contributed by atoms with van der Waals surface area (Å²) < 4.78 is 6.03. The number of aromatic carboxylic acids is 1. The van der Waals surface area contributed by atoms with Gasteiger partial charge in [0.15, 0.2) is 5.58 Å². The number of nitrogens with zero attached hydrogens (tertiary/aromatic N) is 2. The second-order valence-electron chi connectivity index (χ2n) is 8.18. The van der Waals surface area contributed by atoms with Gasteiger partial charge in [0.1, 0.15) is 5.52 Å². The van der Waals surface area contributed by atoms with Crippen LogP contribution in [-0.2, 0) is 6.54 Å². The van der Waals surface area contributed by atoms with Crippen molar-refractivity contribution in [2.24, 2.45) is 5.92 Å². The standard InChI is InChI=1S/C23H27N3O3/c1-15(2)11-17-14-26(13-16-7-4-3-5-8-16)19(12-24-17)22-25-21-18(23(27)28)9-6-10-20(21)29-22/h3-10,15,17,19,24H,11-14H2,1-2H3,(H,27,28). The molecule has 6 nitrogen and oxygen atoms in total. The normalized spacial score (nSPS) is 20.4. The van der Waals surface area contributed by atoms with E-state index in [1.807, 2.05) is 6.07 Å². The Morgan fingerprint density at radius 3 is 2.76 bits per heavy atom. The van der Waals surface area contributed by atoms with Crippen LogP contribution in [0.1, 0.15) is 48.1 Å². The molecule has 2 aromatic carbocycles. The Kier molecular flexibility index (Phi) is 5.65. The van der Waals surface area contributed by atoms with Gasteiger partial charge in [-0.2, -0.15) is 0 Å². The molecule has 0 amide bonds. The molecule has 29 heavy (non-hydrogen) atoms. The predicted molar refractivity (Wildman–Crippen MR) is 112 cm³/mol. The van der Waals surface area contributed by atoms with Crippen molar-refractivity contribution >= 4 is 17.1 Å². The number of benzene rings is 2. The van der Waals surface area contributed by atoms with Crippen LogP contribution >= 0.6 is 0 Å². The number of carboxylic acids is 1. The zero-order chi connectivity index (χ0) is 20.4. The number of hydrogen-bond acceptors (Lipinski definition) is 5. The van der Waals surface area contributed by atoms with Crippen molar-refractivity contribution in [3.05, 3.63) is 65.5 Å². The summed E-state index contributed by atoms with van der Waals surface area (Å²) in [6.45, 7) is 6.89. The third-order valence-electron chi connectivity index (χ3n) is 5.43. The maximum atomic E-state index is 11.5. The van der Waals surface area contributed by atoms with Crippen molar-refractivity contribution in [2.45, 2.75) is 38.9 Å². The van der Waals surface area contributed by atoms with E-state index in [0.29, 0.717) is 29.0 Å². The van der Waals surface area contributed by atoms with Gasteiger partial charge >= 0.3 is 5.97 Å². The van der Waals surface area contributed by atoms with Crippen LogP contribution in [-0.4, -0.2) is 40.1 Å². The summed E-state index contributed by atoms with van der Waals surface area (Å²) in [5.41, 5.74) is 2.35. The number of aromatic nitrogens is 1. The van der Waals surface area contributed by atoms with E-state index in [9.17, 15) is 9.90 Å². The quantitative estimate of drug-likeness (QED) is 0.657. The molecule has 0 radical (unpaired) electrons. The van der Waals surface area contributed by atoms with Gasteiger partial charge in [-0.1, -0.05) is 50.2 Å². The lowest BCUT2D eigenvalue weighted by Crippen LogP contribution is -2.52. The Balaban J connectivity index is 1.65. The summed E-state index contributed by atoms with van der Waals surface area (Å²) >= 11 is 0. The summed E-state index contributed by atoms with van der Waals surface area (Å²) in [6, 6.07) is 15.8. The van der Waals surface area contributed by atoms with Crippen LogP contribution in [0, 0.1) is 5.92 Å². The Labute approximate surface area is 170 Å². The van der Waals surface area contributed by atoms with Crippen molar-refractivity contribution in [3.8, 4) is 0 Å². The molecule has 2 atom stereocenters. The van der Waals surface area contributed by atoms with Crippen LogP contribution in [0.4, 0.5) is 0 Å². The molecule has 0 saturated carbocycles. The van der Waals surface area contributed by atoms with E-state index in [1.165, 1.54) is 5.56 Å². The van der Waals surface area contributed by atoms with Crippen molar-refractivity contribution in [1.82, 2.24) is 15.2 Å². The fraction of sp³-hybridized carbons (Fsp3) is 0.391. The number of carbonyl (C=O) groups is 1. The third kappa shape index (κ3) is 4.33. The molecule has 2 heterocycles. The average Bonchev–Trinajstić information content (AvgIpc) is 3.12. The van der Waals surface area contributed by atoms with E-state index in [2.05, 4.69) is 53.3 Å². The topological polar surface area (TPSA) is 78.6 Å². The second-order valence-corrected chi connectivity index (χ2v) is 8.18. The molecule has 0 aliphatic carbocycles. The van der Waals surface area contributed by atoms with Crippen molar-refractivity contribution in [1.29, 1.82) is 0 Å². The van der Waals surface area contributed by atoms with Gasteiger partial charge in [0, 0.05) is 25.7 Å². The number of para-hydroxylation sites is 1. The minimum absolute atomic E-state index is 0.0485. The first-order chi connectivity index (χ1) is 14.0. The van der Waals surface area contributed by atoms with E-state index < -0.39 is 5.97 Å². The number of fused-ring (bicyclic) bond motifs is 1. The zero-order valence-corrected chi connectivity index (χ0v) is 16.8. The fourth-order valence-corrected chi connectivity index (χ4v) is 4.13. The molecule has 152 valence electrons. The Bertz CT molecular complexity index is 983. The first kappa shape index (κ1) is 19.6. The number of hydrogen-bond donors (Lipinski definition) is 2. The Morgan fingerprint density at radius 2 is 2.03 bits per heavy atom. The highest BCUT2D eigenvalue weighted by Gasteiger charge is 2.33. The van der Waals surface area contributed by atoms with Gasteiger partial charge in [-0.3, -0.25) is 4.90 Å². The molecule has 1 aliphatic rings. The lowest BCUT2D eigenvalue weighted by Gasteiger charge is -2.39. The number of oxazole rings is 1. The number of nitrogens with one attached hydrogen (secondary N) is 1. The predicted octanol–water partition coefficient (Wildman–Crippen LogP) is 4.09. The van der Waals surface area contributed by atoms with Gasteiger partial charge in [-0.05, 0) is 30.0 Å². The molecule has 0 spiro atoms. The van der Waals surface area contributed by atoms with Crippen molar-refractivity contribution in [3.63, 3.8) is 0 Å². The maximum absolute atomic E-state index is 11.5. The third-order valence-corrected chi connectivity index (χ3v) is 5.43. The minimum Gasteiger partial charge on any atom is -0.478 e. The van der Waals surface area contributed by atoms with Crippen LogP contribution in [0.5, 0.6) is 0 Å². The molecular formula is C23H27N3O3. The molecule has 1 saturated heterocycles. The number of piperazine rings is 1. The summed E-state index contributed by atoms with van der Waals surface area (Å²) in [5, 5.41) is 13.1. The van der Waals surface area contributed by atoms with E-state index >= 15 is 0 Å². The number of rotatable bonds is 6. The molecule has 2 N–H and O–H groups in total. The lowest BCUT2D eigenvalue weighted by atomic mass is 9.99. The fourth-order valence-electron chi connectivity index (χ4n) is 4.13. The lowest BCUT2D eigenvalue weighted by molar-refractivity contribution is 0.0699. The SMILES string of the molecule is CC(C)CC1CN(Cc2ccccc2)C(c2nc3c(C(=O)O)cccc3o2)CN1. The molecular weight excluding hydrogens is 366 g/mol. The van der Waals surface area contributed by atoms with Crippen molar-refractivity contribution in [2.75, 3.05) is 13.1 Å². The van der Waals surface area contributed by atoms with Crippen molar-refractivity contribution < 1.29 is 14.3 Å². The minimum atomic E-state index is -0.990. The van der Waals surface area contributed by atoms with Crippen LogP contribution in [0.15, 0.2) is 52.9 Å². The van der Waals surface area contributed by atoms with E-state index in [-0.39, 0.29) is 11.6 Å². The van der Waals surface area contributed by atoms with Gasteiger partial charge in [0.25, 0.3) is 0 Å². The van der Waals surface area contributed by atoms with Gasteiger partial charge in [0.05, 0.1) is 11.6 Å². The van der Waals surface area contributed by atoms with E-state index in [0.717, 1.165) is 26.1 Å². The summed E-state index contributed by atoms with van der Waals surface area (Å²) in [4.78, 5) is 18.5.